The van der Waals surface area contributed by atoms with Crippen LogP contribution in [0, 0.1) is 20.8 Å². The maximum Gasteiger partial charge on any atom is 0.146 e. The molecule has 302 valence electrons. The summed E-state index contributed by atoms with van der Waals surface area (Å²) < 4.78 is 11.6. The zero-order valence-corrected chi connectivity index (χ0v) is 36.3. The predicted molar refractivity (Wildman–Crippen MR) is 260 cm³/mol. The smallest absolute Gasteiger partial charge is 0.146 e. The molecule has 0 amide bonds. The van der Waals surface area contributed by atoms with Gasteiger partial charge in [-0.05, 0) is 155 Å². The lowest BCUT2D eigenvalue weighted by atomic mass is 9.88. The fourth-order valence-electron chi connectivity index (χ4n) is 9.60. The van der Waals surface area contributed by atoms with Gasteiger partial charge in [-0.2, -0.15) is 0 Å². The maximum absolute atomic E-state index is 6.85. The van der Waals surface area contributed by atoms with Crippen LogP contribution in [0.5, 0.6) is 11.5 Å². The van der Waals surface area contributed by atoms with Crippen LogP contribution < -0.4 is 4.74 Å². The first kappa shape index (κ1) is 37.7. The van der Waals surface area contributed by atoms with E-state index in [-0.39, 0.29) is 11.8 Å². The van der Waals surface area contributed by atoms with Crippen LogP contribution in [0.1, 0.15) is 67.3 Å². The molecule has 0 atom stereocenters. The first-order chi connectivity index (χ1) is 30.1. The molecule has 0 N–H and O–H groups in total. The molecule has 0 saturated carbocycles. The van der Waals surface area contributed by atoms with Crippen LogP contribution in [0.25, 0.3) is 88.4 Å². The quantitative estimate of drug-likeness (QED) is 0.151. The Hall–Kier alpha value is -7.24. The standard InChI is InChI=1S/C57H48N4O/c1-33(2)46-30-41(38-16-9-8-10-17-38)31-47(34(3)4)54(46)60-51-23-14-13-22-50(51)58-56(60)40-19-15-20-42(29-40)62-43-24-25-45-48-27-35(5)36(6)28-52(48)61-55-44-21-12-11-18-39(44)26-37(7)53(55)59-57(61)49(45)32-43/h8-34H,1-7H3. The molecule has 0 fully saturated rings. The largest absolute Gasteiger partial charge is 0.457 e. The fourth-order valence-corrected chi connectivity index (χ4v) is 9.60. The molecular weight excluding hydrogens is 757 g/mol. The summed E-state index contributed by atoms with van der Waals surface area (Å²) >= 11 is 0. The van der Waals surface area contributed by atoms with Crippen LogP contribution in [0.4, 0.5) is 0 Å². The number of aromatic nitrogens is 4. The minimum atomic E-state index is 0.273. The normalized spacial score (nSPS) is 12.1. The lowest BCUT2D eigenvalue weighted by Crippen LogP contribution is -2.09. The van der Waals surface area contributed by atoms with Gasteiger partial charge in [-0.15, -0.1) is 0 Å². The van der Waals surface area contributed by atoms with Gasteiger partial charge >= 0.3 is 0 Å². The van der Waals surface area contributed by atoms with Crippen LogP contribution in [-0.4, -0.2) is 18.9 Å². The van der Waals surface area contributed by atoms with Crippen molar-refractivity contribution in [3.8, 4) is 39.7 Å². The predicted octanol–water partition coefficient (Wildman–Crippen LogP) is 15.6. The van der Waals surface area contributed by atoms with Crippen molar-refractivity contribution in [1.29, 1.82) is 0 Å². The lowest BCUT2D eigenvalue weighted by Gasteiger charge is -2.24. The molecule has 0 unspecified atom stereocenters. The van der Waals surface area contributed by atoms with Crippen molar-refractivity contribution in [3.63, 3.8) is 0 Å². The maximum atomic E-state index is 6.85. The van der Waals surface area contributed by atoms with Crippen molar-refractivity contribution in [2.45, 2.75) is 60.3 Å². The van der Waals surface area contributed by atoms with Gasteiger partial charge in [0.15, 0.2) is 0 Å². The Labute approximate surface area is 361 Å². The van der Waals surface area contributed by atoms with Gasteiger partial charge in [0.25, 0.3) is 0 Å². The highest BCUT2D eigenvalue weighted by Gasteiger charge is 2.24. The van der Waals surface area contributed by atoms with E-state index in [1.54, 1.807) is 0 Å². The average Bonchev–Trinajstić information content (AvgIpc) is 3.88. The van der Waals surface area contributed by atoms with E-state index >= 15 is 0 Å². The summed E-state index contributed by atoms with van der Waals surface area (Å²) in [6.07, 6.45) is 0. The molecule has 0 aliphatic rings. The third-order valence-corrected chi connectivity index (χ3v) is 12.8. The van der Waals surface area contributed by atoms with Crippen LogP contribution in [0.15, 0.2) is 152 Å². The number of nitrogens with zero attached hydrogens (tertiary/aromatic N) is 4. The summed E-state index contributed by atoms with van der Waals surface area (Å²) in [7, 11) is 0. The Morgan fingerprint density at radius 1 is 0.484 bits per heavy atom. The van der Waals surface area contributed by atoms with Gasteiger partial charge < -0.3 is 4.74 Å². The summed E-state index contributed by atoms with van der Waals surface area (Å²) in [5.41, 5.74) is 17.2. The Bertz CT molecular complexity index is 3560. The van der Waals surface area contributed by atoms with Gasteiger partial charge in [-0.1, -0.05) is 107 Å². The molecule has 3 heterocycles. The molecule has 11 rings (SSSR count). The first-order valence-electron chi connectivity index (χ1n) is 21.8. The number of pyridine rings is 1. The van der Waals surface area contributed by atoms with Crippen molar-refractivity contribution in [2.75, 3.05) is 0 Å². The molecule has 62 heavy (non-hydrogen) atoms. The molecule has 5 heteroatoms. The minimum absolute atomic E-state index is 0.273. The van der Waals surface area contributed by atoms with E-state index in [1.165, 1.54) is 55.2 Å². The molecule has 3 aromatic heterocycles. The topological polar surface area (TPSA) is 44.3 Å². The minimum Gasteiger partial charge on any atom is -0.457 e. The van der Waals surface area contributed by atoms with E-state index in [1.807, 2.05) is 6.07 Å². The number of aryl methyl sites for hydroxylation is 3. The molecular formula is C57H48N4O. The van der Waals surface area contributed by atoms with Gasteiger partial charge in [-0.25, -0.2) is 9.97 Å². The highest BCUT2D eigenvalue weighted by Crippen LogP contribution is 2.42. The molecule has 0 spiro atoms. The number of fused-ring (bicyclic) bond motifs is 11. The van der Waals surface area contributed by atoms with Gasteiger partial charge in [0.2, 0.25) is 0 Å². The van der Waals surface area contributed by atoms with Gasteiger partial charge in [0.05, 0.1) is 33.3 Å². The third-order valence-electron chi connectivity index (χ3n) is 12.8. The van der Waals surface area contributed by atoms with E-state index in [2.05, 4.69) is 203 Å². The number of imidazole rings is 2. The summed E-state index contributed by atoms with van der Waals surface area (Å²) in [5, 5.41) is 5.82. The number of ether oxygens (including phenoxy) is 1. The van der Waals surface area contributed by atoms with E-state index in [0.717, 1.165) is 72.5 Å². The number of para-hydroxylation sites is 2. The van der Waals surface area contributed by atoms with Crippen molar-refractivity contribution in [2.24, 2.45) is 0 Å². The van der Waals surface area contributed by atoms with Crippen LogP contribution in [0.2, 0.25) is 0 Å². The van der Waals surface area contributed by atoms with Crippen molar-refractivity contribution in [1.82, 2.24) is 18.9 Å². The zero-order valence-electron chi connectivity index (χ0n) is 36.3. The highest BCUT2D eigenvalue weighted by molar-refractivity contribution is 6.17. The molecule has 0 saturated heterocycles. The Morgan fingerprint density at radius 3 is 1.97 bits per heavy atom. The summed E-state index contributed by atoms with van der Waals surface area (Å²) in [6, 6.07) is 54.4. The molecule has 11 aromatic rings. The van der Waals surface area contributed by atoms with Crippen LogP contribution in [0.3, 0.4) is 0 Å². The first-order valence-corrected chi connectivity index (χ1v) is 21.8. The van der Waals surface area contributed by atoms with Crippen molar-refractivity contribution >= 4 is 60.2 Å². The SMILES string of the molecule is Cc1cc2c3ccc(Oc4cccc(-c5nc6ccccc6n5-c5c(C(C)C)cc(-c6ccccc6)cc5C(C)C)c4)cc3c3nc4c(C)cc5ccccc5c4n3c2cc1C. The number of hydrogen-bond acceptors (Lipinski definition) is 3. The summed E-state index contributed by atoms with van der Waals surface area (Å²) in [4.78, 5) is 10.8. The summed E-state index contributed by atoms with van der Waals surface area (Å²) in [5.74, 6) is 2.93. The molecule has 0 bridgehead atoms. The van der Waals surface area contributed by atoms with E-state index in [9.17, 15) is 0 Å². The average molecular weight is 805 g/mol. The van der Waals surface area contributed by atoms with Crippen molar-refractivity contribution < 1.29 is 4.74 Å². The van der Waals surface area contributed by atoms with E-state index < -0.39 is 0 Å². The summed E-state index contributed by atoms with van der Waals surface area (Å²) in [6.45, 7) is 15.7. The van der Waals surface area contributed by atoms with Crippen LogP contribution >= 0.6 is 0 Å². The molecule has 8 aromatic carbocycles. The molecule has 5 nitrogen and oxygen atoms in total. The Morgan fingerprint density at radius 2 is 1.18 bits per heavy atom. The number of benzene rings is 8. The monoisotopic (exact) mass is 804 g/mol. The second-order valence-electron chi connectivity index (χ2n) is 17.6. The van der Waals surface area contributed by atoms with Gasteiger partial charge in [0, 0.05) is 21.7 Å². The molecule has 0 aliphatic heterocycles. The molecule has 0 radical (unpaired) electrons. The second kappa shape index (κ2) is 14.5. The highest BCUT2D eigenvalue weighted by atomic mass is 16.5. The Balaban J connectivity index is 1.08. The zero-order chi connectivity index (χ0) is 42.4. The van der Waals surface area contributed by atoms with Gasteiger partial charge in [0.1, 0.15) is 23.0 Å². The van der Waals surface area contributed by atoms with Gasteiger partial charge in [-0.3, -0.25) is 8.97 Å². The molecule has 0 aliphatic carbocycles. The lowest BCUT2D eigenvalue weighted by molar-refractivity contribution is 0.483. The van der Waals surface area contributed by atoms with Crippen molar-refractivity contribution in [3.05, 3.63) is 179 Å². The van der Waals surface area contributed by atoms with Crippen LogP contribution in [-0.2, 0) is 0 Å². The number of rotatable bonds is 7. The fraction of sp³-hybridized carbons (Fsp3) is 0.158. The van der Waals surface area contributed by atoms with E-state index in [4.69, 9.17) is 14.7 Å². The second-order valence-corrected chi connectivity index (χ2v) is 17.6. The third kappa shape index (κ3) is 5.98. The van der Waals surface area contributed by atoms with E-state index in [0.29, 0.717) is 0 Å². The Kier molecular flexibility index (Phi) is 8.80. The number of hydrogen-bond donors (Lipinski definition) is 0.